The molecule has 1 saturated carbocycles. The molecule has 0 saturated heterocycles. The number of nitrogens with zero attached hydrogens (tertiary/aromatic N) is 1. The number of halogens is 1. The number of hydrogen-bond acceptors (Lipinski definition) is 3. The fourth-order valence-electron chi connectivity index (χ4n) is 2.46. The van der Waals surface area contributed by atoms with Crippen molar-refractivity contribution in [1.82, 2.24) is 5.32 Å². The Morgan fingerprint density at radius 3 is 2.67 bits per heavy atom. The van der Waals surface area contributed by atoms with Crippen molar-refractivity contribution in [2.75, 3.05) is 20.3 Å². The summed E-state index contributed by atoms with van der Waals surface area (Å²) in [7, 11) is 1.96. The Balaban J connectivity index is 1.98. The van der Waals surface area contributed by atoms with Crippen LogP contribution in [0.4, 0.5) is 4.39 Å². The first kappa shape index (κ1) is 15.9. The van der Waals surface area contributed by atoms with Crippen LogP contribution in [-0.4, -0.2) is 25.8 Å². The molecule has 0 heterocycles. The lowest BCUT2D eigenvalue weighted by Crippen LogP contribution is -2.32. The number of nitrogens with one attached hydrogen (secondary N) is 1. The first-order chi connectivity index (χ1) is 10.0. The van der Waals surface area contributed by atoms with Crippen LogP contribution in [0.5, 0.6) is 0 Å². The zero-order chi connectivity index (χ0) is 15.5. The summed E-state index contributed by atoms with van der Waals surface area (Å²) < 4.78 is 19.6. The summed E-state index contributed by atoms with van der Waals surface area (Å²) in [5, 5.41) is 12.4. The molecule has 1 aliphatic carbocycles. The van der Waals surface area contributed by atoms with Gasteiger partial charge in [-0.1, -0.05) is 19.9 Å². The standard InChI is InChI=1S/C17H23FN2O/c1-12(2)15-8-13(14(10-19)9-16(15)18)4-7-21-11-17(20-3)5-6-17/h8-9,12,20H,4-7,11H2,1-3H3. The average Bonchev–Trinajstić information content (AvgIpc) is 3.24. The van der Waals surface area contributed by atoms with Crippen LogP contribution in [-0.2, 0) is 11.2 Å². The molecule has 0 spiro atoms. The second-order valence-corrected chi connectivity index (χ2v) is 6.13. The summed E-state index contributed by atoms with van der Waals surface area (Å²) in [6.45, 7) is 5.16. The van der Waals surface area contributed by atoms with Gasteiger partial charge in [0.1, 0.15) is 5.82 Å². The van der Waals surface area contributed by atoms with Gasteiger partial charge in [-0.15, -0.1) is 0 Å². The van der Waals surface area contributed by atoms with Gasteiger partial charge in [-0.2, -0.15) is 5.26 Å². The van der Waals surface area contributed by atoms with Crippen molar-refractivity contribution in [3.63, 3.8) is 0 Å². The van der Waals surface area contributed by atoms with Crippen molar-refractivity contribution in [2.24, 2.45) is 0 Å². The minimum absolute atomic E-state index is 0.108. The maximum Gasteiger partial charge on any atom is 0.127 e. The van der Waals surface area contributed by atoms with E-state index in [0.29, 0.717) is 30.8 Å². The molecule has 0 aromatic heterocycles. The third-order valence-electron chi connectivity index (χ3n) is 4.24. The van der Waals surface area contributed by atoms with Crippen LogP contribution in [0.25, 0.3) is 0 Å². The number of rotatable bonds is 7. The van der Waals surface area contributed by atoms with E-state index in [4.69, 9.17) is 10.00 Å². The first-order valence-electron chi connectivity index (χ1n) is 7.50. The highest BCUT2D eigenvalue weighted by molar-refractivity contribution is 5.42. The summed E-state index contributed by atoms with van der Waals surface area (Å²) in [4.78, 5) is 0. The molecule has 1 aliphatic rings. The molecule has 1 aromatic carbocycles. The summed E-state index contributed by atoms with van der Waals surface area (Å²) in [5.74, 6) is -0.185. The normalized spacial score (nSPS) is 16.0. The van der Waals surface area contributed by atoms with E-state index in [2.05, 4.69) is 11.4 Å². The Morgan fingerprint density at radius 1 is 1.43 bits per heavy atom. The minimum Gasteiger partial charge on any atom is -0.379 e. The topological polar surface area (TPSA) is 45.0 Å². The van der Waals surface area contributed by atoms with Crippen molar-refractivity contribution >= 4 is 0 Å². The third kappa shape index (κ3) is 3.81. The zero-order valence-corrected chi connectivity index (χ0v) is 13.0. The molecule has 0 amide bonds. The smallest absolute Gasteiger partial charge is 0.127 e. The highest BCUT2D eigenvalue weighted by atomic mass is 19.1. The molecule has 1 N–H and O–H groups in total. The number of hydrogen-bond donors (Lipinski definition) is 1. The second-order valence-electron chi connectivity index (χ2n) is 6.13. The lowest BCUT2D eigenvalue weighted by molar-refractivity contribution is 0.109. The van der Waals surface area contributed by atoms with Gasteiger partial charge in [-0.05, 0) is 49.4 Å². The van der Waals surface area contributed by atoms with E-state index in [1.807, 2.05) is 27.0 Å². The Kier molecular flexibility index (Phi) is 4.97. The van der Waals surface area contributed by atoms with Gasteiger partial charge >= 0.3 is 0 Å². The quantitative estimate of drug-likeness (QED) is 0.785. The van der Waals surface area contributed by atoms with Gasteiger partial charge in [0.2, 0.25) is 0 Å². The summed E-state index contributed by atoms with van der Waals surface area (Å²) >= 11 is 0. The number of likely N-dealkylation sites (N-methyl/N-ethyl adjacent to an activating group) is 1. The van der Waals surface area contributed by atoms with Crippen LogP contribution in [0.15, 0.2) is 12.1 Å². The van der Waals surface area contributed by atoms with Crippen molar-refractivity contribution in [3.05, 3.63) is 34.6 Å². The molecule has 0 bridgehead atoms. The fraction of sp³-hybridized carbons (Fsp3) is 0.588. The van der Waals surface area contributed by atoms with Crippen molar-refractivity contribution in [1.29, 1.82) is 5.26 Å². The number of nitriles is 1. The van der Waals surface area contributed by atoms with E-state index in [-0.39, 0.29) is 17.3 Å². The average molecular weight is 290 g/mol. The van der Waals surface area contributed by atoms with Crippen LogP contribution < -0.4 is 5.32 Å². The number of ether oxygens (including phenoxy) is 1. The first-order valence-corrected chi connectivity index (χ1v) is 7.50. The van der Waals surface area contributed by atoms with Gasteiger partial charge in [0, 0.05) is 5.54 Å². The van der Waals surface area contributed by atoms with E-state index in [0.717, 1.165) is 18.4 Å². The van der Waals surface area contributed by atoms with E-state index in [9.17, 15) is 4.39 Å². The Morgan fingerprint density at radius 2 is 2.14 bits per heavy atom. The molecular formula is C17H23FN2O. The summed E-state index contributed by atoms with van der Waals surface area (Å²) in [6.07, 6.45) is 2.95. The van der Waals surface area contributed by atoms with Gasteiger partial charge in [-0.3, -0.25) is 0 Å². The van der Waals surface area contributed by atoms with Crippen LogP contribution in [0.3, 0.4) is 0 Å². The molecule has 0 aliphatic heterocycles. The molecule has 1 aromatic rings. The van der Waals surface area contributed by atoms with Gasteiger partial charge in [0.15, 0.2) is 0 Å². The summed E-state index contributed by atoms with van der Waals surface area (Å²) in [5.41, 5.74) is 2.12. The van der Waals surface area contributed by atoms with Crippen molar-refractivity contribution < 1.29 is 9.13 Å². The SMILES string of the molecule is CNC1(COCCc2cc(C(C)C)c(F)cc2C#N)CC1. The molecule has 3 nitrogen and oxygen atoms in total. The van der Waals surface area contributed by atoms with Gasteiger partial charge < -0.3 is 10.1 Å². The maximum absolute atomic E-state index is 13.9. The molecule has 114 valence electrons. The minimum atomic E-state index is -0.293. The van der Waals surface area contributed by atoms with Crippen LogP contribution >= 0.6 is 0 Å². The van der Waals surface area contributed by atoms with E-state index < -0.39 is 0 Å². The Bertz CT molecular complexity index is 544. The van der Waals surface area contributed by atoms with Crippen LogP contribution in [0.2, 0.25) is 0 Å². The molecule has 21 heavy (non-hydrogen) atoms. The van der Waals surface area contributed by atoms with Crippen LogP contribution in [0.1, 0.15) is 49.3 Å². The molecule has 0 radical (unpaired) electrons. The molecule has 0 atom stereocenters. The van der Waals surface area contributed by atoms with E-state index >= 15 is 0 Å². The van der Waals surface area contributed by atoms with Crippen molar-refractivity contribution in [2.45, 2.75) is 44.6 Å². The molecule has 0 unspecified atom stereocenters. The zero-order valence-electron chi connectivity index (χ0n) is 13.0. The fourth-order valence-corrected chi connectivity index (χ4v) is 2.46. The molecule has 4 heteroatoms. The maximum atomic E-state index is 13.9. The van der Waals surface area contributed by atoms with Crippen molar-refractivity contribution in [3.8, 4) is 6.07 Å². The third-order valence-corrected chi connectivity index (χ3v) is 4.24. The van der Waals surface area contributed by atoms with E-state index in [1.165, 1.54) is 6.07 Å². The Labute approximate surface area is 126 Å². The molecule has 1 fully saturated rings. The predicted molar refractivity (Wildman–Crippen MR) is 80.8 cm³/mol. The Hall–Kier alpha value is -1.44. The lowest BCUT2D eigenvalue weighted by atomic mass is 9.95. The molecule has 2 rings (SSSR count). The van der Waals surface area contributed by atoms with E-state index in [1.54, 1.807) is 0 Å². The second kappa shape index (κ2) is 6.55. The highest BCUT2D eigenvalue weighted by Gasteiger charge is 2.41. The summed E-state index contributed by atoms with van der Waals surface area (Å²) in [6, 6.07) is 5.24. The molecular weight excluding hydrogens is 267 g/mol. The van der Waals surface area contributed by atoms with Crippen LogP contribution in [0, 0.1) is 17.1 Å². The predicted octanol–water partition coefficient (Wildman–Crippen LogP) is 3.13. The lowest BCUT2D eigenvalue weighted by Gasteiger charge is -2.15. The number of benzene rings is 1. The van der Waals surface area contributed by atoms with Gasteiger partial charge in [-0.25, -0.2) is 4.39 Å². The van der Waals surface area contributed by atoms with Gasteiger partial charge in [0.25, 0.3) is 0 Å². The van der Waals surface area contributed by atoms with Gasteiger partial charge in [0.05, 0.1) is 24.8 Å². The highest BCUT2D eigenvalue weighted by Crippen LogP contribution is 2.34. The largest absolute Gasteiger partial charge is 0.379 e. The monoisotopic (exact) mass is 290 g/mol.